The number of halogens is 3. The first kappa shape index (κ1) is 19.8. The molecule has 6 rings (SSSR count). The van der Waals surface area contributed by atoms with E-state index in [9.17, 15) is 19.1 Å². The van der Waals surface area contributed by atoms with E-state index in [1.807, 2.05) is 0 Å². The fraction of sp³-hybridized carbons (Fsp3) is 0.476. The van der Waals surface area contributed by atoms with Gasteiger partial charge in [0.1, 0.15) is 10.8 Å². The van der Waals surface area contributed by atoms with Gasteiger partial charge < -0.3 is 10.4 Å². The van der Waals surface area contributed by atoms with E-state index in [1.54, 1.807) is 0 Å². The molecule has 30 heavy (non-hydrogen) atoms. The normalized spacial score (nSPS) is 31.7. The lowest BCUT2D eigenvalue weighted by molar-refractivity contribution is -0.173. The molecular weight excluding hydrogens is 432 g/mol. The van der Waals surface area contributed by atoms with Gasteiger partial charge in [-0.1, -0.05) is 23.2 Å². The van der Waals surface area contributed by atoms with Crippen LogP contribution in [0.4, 0.5) is 15.8 Å². The third-order valence-corrected chi connectivity index (χ3v) is 7.71. The van der Waals surface area contributed by atoms with Gasteiger partial charge in [-0.05, 0) is 68.6 Å². The molecule has 158 valence electrons. The van der Waals surface area contributed by atoms with Crippen molar-refractivity contribution in [2.75, 3.05) is 5.32 Å². The van der Waals surface area contributed by atoms with Crippen LogP contribution in [0.15, 0.2) is 29.2 Å². The molecule has 9 heteroatoms. The highest BCUT2D eigenvalue weighted by molar-refractivity contribution is 6.33. The number of hydrogen-bond acceptors (Lipinski definition) is 4. The van der Waals surface area contributed by atoms with Crippen molar-refractivity contribution in [1.82, 2.24) is 9.78 Å². The molecule has 2 unspecified atom stereocenters. The predicted octanol–water partition coefficient (Wildman–Crippen LogP) is 4.81. The quantitative estimate of drug-likeness (QED) is 0.696. The second-order valence-corrected chi connectivity index (χ2v) is 9.90. The van der Waals surface area contributed by atoms with Crippen molar-refractivity contribution in [1.29, 1.82) is 0 Å². The zero-order valence-electron chi connectivity index (χ0n) is 16.0. The number of carboxylic acids is 1. The van der Waals surface area contributed by atoms with Gasteiger partial charge >= 0.3 is 5.97 Å². The van der Waals surface area contributed by atoms with Crippen LogP contribution in [0.1, 0.15) is 38.5 Å². The molecule has 4 aliphatic carbocycles. The Hall–Kier alpha value is -2.12. The van der Waals surface area contributed by atoms with E-state index < -0.39 is 28.3 Å². The van der Waals surface area contributed by atoms with Gasteiger partial charge in [0.2, 0.25) is 0 Å². The number of nitrogens with one attached hydrogen (secondary N) is 1. The standard InChI is InChI=1S/C21H20Cl2FN3O3/c22-14-4-13(1-2-15(14)24)26-16-9-25-27(18(28)17(16)23)21-7-11-3-12(8-21)6-20(5-11,10-21)19(29)30/h1-2,4,9,11-12,26H,3,5-8,10H2,(H,29,30)/t11-,12+,20?,21?. The van der Waals surface area contributed by atoms with Crippen LogP contribution in [-0.2, 0) is 10.3 Å². The molecule has 4 bridgehead atoms. The van der Waals surface area contributed by atoms with Crippen molar-refractivity contribution < 1.29 is 14.3 Å². The van der Waals surface area contributed by atoms with Crippen LogP contribution >= 0.6 is 23.2 Å². The van der Waals surface area contributed by atoms with E-state index in [-0.39, 0.29) is 21.9 Å². The second-order valence-electron chi connectivity index (χ2n) is 9.11. The minimum Gasteiger partial charge on any atom is -0.481 e. The molecule has 2 N–H and O–H groups in total. The Balaban J connectivity index is 1.52. The minimum atomic E-state index is -0.778. The molecule has 0 aliphatic heterocycles. The van der Waals surface area contributed by atoms with Crippen molar-refractivity contribution in [3.05, 3.63) is 50.6 Å². The molecule has 1 aromatic carbocycles. The molecule has 4 aliphatic rings. The summed E-state index contributed by atoms with van der Waals surface area (Å²) in [5.74, 6) is -0.745. The predicted molar refractivity (Wildman–Crippen MR) is 111 cm³/mol. The van der Waals surface area contributed by atoms with Crippen LogP contribution in [0.2, 0.25) is 10.0 Å². The Bertz CT molecular complexity index is 1110. The molecule has 4 fully saturated rings. The summed E-state index contributed by atoms with van der Waals surface area (Å²) in [5, 5.41) is 17.2. The Morgan fingerprint density at radius 3 is 2.57 bits per heavy atom. The zero-order valence-corrected chi connectivity index (χ0v) is 17.5. The maximum absolute atomic E-state index is 13.4. The van der Waals surface area contributed by atoms with Crippen LogP contribution in [0.5, 0.6) is 0 Å². The molecule has 1 aromatic heterocycles. The lowest BCUT2D eigenvalue weighted by Gasteiger charge is -2.60. The fourth-order valence-electron chi connectivity index (χ4n) is 6.30. The third-order valence-electron chi connectivity index (χ3n) is 7.05. The van der Waals surface area contributed by atoms with Gasteiger partial charge in [0.25, 0.3) is 5.56 Å². The van der Waals surface area contributed by atoms with Gasteiger partial charge in [0.05, 0.1) is 27.9 Å². The summed E-state index contributed by atoms with van der Waals surface area (Å²) in [6, 6.07) is 4.10. The van der Waals surface area contributed by atoms with Gasteiger partial charge in [-0.2, -0.15) is 5.10 Å². The minimum absolute atomic E-state index is 0.0365. The van der Waals surface area contributed by atoms with Crippen molar-refractivity contribution in [3.63, 3.8) is 0 Å². The van der Waals surface area contributed by atoms with Crippen LogP contribution < -0.4 is 10.9 Å². The zero-order chi connectivity index (χ0) is 21.3. The van der Waals surface area contributed by atoms with Gasteiger partial charge in [0.15, 0.2) is 0 Å². The van der Waals surface area contributed by atoms with Crippen molar-refractivity contribution >= 4 is 40.5 Å². The lowest BCUT2D eigenvalue weighted by Crippen LogP contribution is -2.61. The van der Waals surface area contributed by atoms with E-state index in [2.05, 4.69) is 10.4 Å². The number of rotatable bonds is 4. The maximum atomic E-state index is 13.4. The number of nitrogens with zero attached hydrogens (tertiary/aromatic N) is 2. The van der Waals surface area contributed by atoms with E-state index in [1.165, 1.54) is 29.1 Å². The molecule has 2 aromatic rings. The SMILES string of the molecule is O=C(O)C12C[C@H]3C[C@@H](C1)CC(n1ncc(Nc4ccc(F)c(Cl)c4)c(Cl)c1=O)(C3)C2. The molecule has 0 amide bonds. The molecule has 0 saturated heterocycles. The summed E-state index contributed by atoms with van der Waals surface area (Å²) in [6.45, 7) is 0. The summed E-state index contributed by atoms with van der Waals surface area (Å²) < 4.78 is 14.8. The number of aromatic nitrogens is 2. The molecule has 0 spiro atoms. The Morgan fingerprint density at radius 2 is 1.93 bits per heavy atom. The van der Waals surface area contributed by atoms with Crippen LogP contribution in [0.3, 0.4) is 0 Å². The summed E-state index contributed by atoms with van der Waals surface area (Å²) in [5.41, 5.74) is -1.07. The Labute approximate surface area is 182 Å². The van der Waals surface area contributed by atoms with Crippen LogP contribution in [-0.4, -0.2) is 20.9 Å². The first-order valence-electron chi connectivity index (χ1n) is 9.95. The first-order chi connectivity index (χ1) is 14.2. The van der Waals surface area contributed by atoms with Gasteiger partial charge in [-0.3, -0.25) is 9.59 Å². The molecule has 0 radical (unpaired) electrons. The second kappa shape index (κ2) is 6.69. The van der Waals surface area contributed by atoms with Crippen LogP contribution in [0.25, 0.3) is 0 Å². The first-order valence-corrected chi connectivity index (χ1v) is 10.7. The van der Waals surface area contributed by atoms with Crippen LogP contribution in [0, 0.1) is 23.1 Å². The fourth-order valence-corrected chi connectivity index (χ4v) is 6.66. The maximum Gasteiger partial charge on any atom is 0.309 e. The largest absolute Gasteiger partial charge is 0.481 e. The van der Waals surface area contributed by atoms with E-state index in [4.69, 9.17) is 23.2 Å². The number of carbonyl (C=O) groups is 1. The Morgan fingerprint density at radius 1 is 1.23 bits per heavy atom. The van der Waals surface area contributed by atoms with Gasteiger partial charge in [-0.15, -0.1) is 0 Å². The topological polar surface area (TPSA) is 84.2 Å². The summed E-state index contributed by atoms with van der Waals surface area (Å²) in [4.78, 5) is 25.3. The highest BCUT2D eigenvalue weighted by Crippen LogP contribution is 2.63. The molecular formula is C21H20Cl2FN3O3. The number of carboxylic acid groups (broad SMARTS) is 1. The smallest absolute Gasteiger partial charge is 0.309 e. The average molecular weight is 452 g/mol. The summed E-state index contributed by atoms with van der Waals surface area (Å²) in [6.07, 6.45) is 5.75. The van der Waals surface area contributed by atoms with Crippen molar-refractivity contribution in [2.24, 2.45) is 17.3 Å². The lowest BCUT2D eigenvalue weighted by atomic mass is 9.47. The Kier molecular flexibility index (Phi) is 4.42. The summed E-state index contributed by atoms with van der Waals surface area (Å²) >= 11 is 12.2. The monoisotopic (exact) mass is 451 g/mol. The molecule has 6 nitrogen and oxygen atoms in total. The molecule has 1 heterocycles. The third kappa shape index (κ3) is 2.94. The number of hydrogen-bond donors (Lipinski definition) is 2. The molecule has 4 saturated carbocycles. The number of anilines is 2. The number of aliphatic carboxylic acids is 1. The van der Waals surface area contributed by atoms with Crippen molar-refractivity contribution in [3.8, 4) is 0 Å². The average Bonchev–Trinajstić information content (AvgIpc) is 2.67. The van der Waals surface area contributed by atoms with Gasteiger partial charge in [0, 0.05) is 5.69 Å². The molecule has 4 atom stereocenters. The number of benzene rings is 1. The summed E-state index contributed by atoms with van der Waals surface area (Å²) in [7, 11) is 0. The van der Waals surface area contributed by atoms with E-state index in [0.717, 1.165) is 19.3 Å². The van der Waals surface area contributed by atoms with E-state index >= 15 is 0 Å². The van der Waals surface area contributed by atoms with Gasteiger partial charge in [-0.25, -0.2) is 9.07 Å². The highest BCUT2D eigenvalue weighted by atomic mass is 35.5. The van der Waals surface area contributed by atoms with Crippen molar-refractivity contribution in [2.45, 2.75) is 44.1 Å². The highest BCUT2D eigenvalue weighted by Gasteiger charge is 2.62. The van der Waals surface area contributed by atoms with E-state index in [0.29, 0.717) is 30.6 Å².